The number of rotatable bonds is 5. The predicted octanol–water partition coefficient (Wildman–Crippen LogP) is 1.33. The fourth-order valence-corrected chi connectivity index (χ4v) is 3.29. The number of piperidine rings is 1. The number of aliphatic hydroxyl groups excluding tert-OH is 1. The molecule has 1 saturated heterocycles. The van der Waals surface area contributed by atoms with E-state index in [-0.39, 0.29) is 12.5 Å². The Balaban J connectivity index is 1.55. The van der Waals surface area contributed by atoms with Gasteiger partial charge in [0, 0.05) is 19.3 Å². The molecule has 118 valence electrons. The average molecular weight is 320 g/mol. The fraction of sp³-hybridized carbons (Fsp3) is 0.467. The Morgan fingerprint density at radius 2 is 2.50 bits per heavy atom. The van der Waals surface area contributed by atoms with Crippen LogP contribution in [0, 0.1) is 0 Å². The quantitative estimate of drug-likeness (QED) is 0.776. The first kappa shape index (κ1) is 15.2. The average Bonchev–Trinajstić information content (AvgIpc) is 3.24. The van der Waals surface area contributed by atoms with Crippen LogP contribution in [0.3, 0.4) is 0 Å². The molecule has 2 aromatic heterocycles. The van der Waals surface area contributed by atoms with Gasteiger partial charge in [0.25, 0.3) is 5.91 Å². The summed E-state index contributed by atoms with van der Waals surface area (Å²) in [5, 5.41) is 24.2. The molecule has 1 aliphatic heterocycles. The number of nitrogens with zero attached hydrogens (tertiary/aromatic N) is 2. The summed E-state index contributed by atoms with van der Waals surface area (Å²) in [7, 11) is 0. The molecule has 2 aromatic rings. The van der Waals surface area contributed by atoms with Gasteiger partial charge in [0.1, 0.15) is 5.69 Å². The number of carbonyl (C=O) groups is 1. The number of hydrogen-bond donors (Lipinski definition) is 3. The van der Waals surface area contributed by atoms with Crippen molar-refractivity contribution < 1.29 is 9.90 Å². The van der Waals surface area contributed by atoms with E-state index in [2.05, 4.69) is 15.7 Å². The summed E-state index contributed by atoms with van der Waals surface area (Å²) in [5.41, 5.74) is 1.22. The van der Waals surface area contributed by atoms with Gasteiger partial charge in [-0.05, 0) is 47.8 Å². The van der Waals surface area contributed by atoms with Crippen LogP contribution in [0.2, 0.25) is 0 Å². The van der Waals surface area contributed by atoms with Gasteiger partial charge in [-0.1, -0.05) is 0 Å². The Hall–Kier alpha value is -1.70. The summed E-state index contributed by atoms with van der Waals surface area (Å²) in [6, 6.07) is 3.89. The minimum atomic E-state index is -0.681. The van der Waals surface area contributed by atoms with Crippen LogP contribution in [0.25, 0.3) is 0 Å². The first-order valence-electron chi connectivity index (χ1n) is 7.48. The van der Waals surface area contributed by atoms with Crippen molar-refractivity contribution in [3.05, 3.63) is 40.3 Å². The summed E-state index contributed by atoms with van der Waals surface area (Å²) < 4.78 is 1.86. The lowest BCUT2D eigenvalue weighted by molar-refractivity contribution is 0.0910. The molecule has 6 nitrogen and oxygen atoms in total. The van der Waals surface area contributed by atoms with E-state index in [1.165, 1.54) is 11.3 Å². The third-order valence-corrected chi connectivity index (χ3v) is 4.57. The van der Waals surface area contributed by atoms with Crippen molar-refractivity contribution >= 4 is 17.2 Å². The summed E-state index contributed by atoms with van der Waals surface area (Å²) in [5.74, 6) is -0.253. The number of aromatic nitrogens is 2. The molecule has 3 heterocycles. The molecular formula is C15H20N4O2S. The highest BCUT2D eigenvalue weighted by Gasteiger charge is 2.18. The van der Waals surface area contributed by atoms with Gasteiger partial charge in [-0.25, -0.2) is 0 Å². The standard InChI is InChI=1S/C15H20N4O2S/c20-14(11-4-7-22-10-11)9-17-15(21)13-3-6-19(18-13)12-2-1-5-16-8-12/h3-4,6-7,10,12,14,16,20H,1-2,5,8-9H2,(H,17,21). The second-order valence-electron chi connectivity index (χ2n) is 5.46. The second-order valence-corrected chi connectivity index (χ2v) is 6.24. The van der Waals surface area contributed by atoms with Crippen molar-refractivity contribution in [2.75, 3.05) is 19.6 Å². The molecule has 3 N–H and O–H groups in total. The van der Waals surface area contributed by atoms with Gasteiger partial charge in [0.2, 0.25) is 0 Å². The highest BCUT2D eigenvalue weighted by atomic mass is 32.1. The van der Waals surface area contributed by atoms with Crippen molar-refractivity contribution in [3.8, 4) is 0 Å². The van der Waals surface area contributed by atoms with Crippen molar-refractivity contribution in [2.45, 2.75) is 25.0 Å². The topological polar surface area (TPSA) is 79.2 Å². The number of aliphatic hydroxyl groups is 1. The molecule has 0 spiro atoms. The number of carbonyl (C=O) groups excluding carboxylic acids is 1. The molecule has 0 bridgehead atoms. The Morgan fingerprint density at radius 1 is 1.59 bits per heavy atom. The minimum absolute atomic E-state index is 0.188. The Morgan fingerprint density at radius 3 is 3.23 bits per heavy atom. The van der Waals surface area contributed by atoms with E-state index < -0.39 is 6.10 Å². The lowest BCUT2D eigenvalue weighted by atomic mass is 10.1. The van der Waals surface area contributed by atoms with Crippen molar-refractivity contribution in [1.82, 2.24) is 20.4 Å². The second kappa shape index (κ2) is 7.04. The van der Waals surface area contributed by atoms with Gasteiger partial charge >= 0.3 is 0 Å². The predicted molar refractivity (Wildman–Crippen MR) is 85.0 cm³/mol. The Labute approximate surface area is 133 Å². The van der Waals surface area contributed by atoms with Crippen LogP contribution in [-0.4, -0.2) is 40.4 Å². The van der Waals surface area contributed by atoms with Gasteiger partial charge in [-0.2, -0.15) is 16.4 Å². The number of amides is 1. The lowest BCUT2D eigenvalue weighted by Crippen LogP contribution is -2.32. The van der Waals surface area contributed by atoms with Crippen LogP contribution < -0.4 is 10.6 Å². The largest absolute Gasteiger partial charge is 0.387 e. The van der Waals surface area contributed by atoms with E-state index in [9.17, 15) is 9.90 Å². The maximum absolute atomic E-state index is 12.1. The van der Waals surface area contributed by atoms with E-state index in [1.54, 1.807) is 6.07 Å². The van der Waals surface area contributed by atoms with E-state index in [1.807, 2.05) is 27.7 Å². The molecule has 7 heteroatoms. The zero-order chi connectivity index (χ0) is 15.4. The van der Waals surface area contributed by atoms with Crippen molar-refractivity contribution in [3.63, 3.8) is 0 Å². The van der Waals surface area contributed by atoms with Gasteiger partial charge in [-0.3, -0.25) is 9.48 Å². The van der Waals surface area contributed by atoms with Gasteiger partial charge in [-0.15, -0.1) is 0 Å². The normalized spacial score (nSPS) is 19.8. The molecule has 2 unspecified atom stereocenters. The fourth-order valence-electron chi connectivity index (χ4n) is 2.58. The number of nitrogens with one attached hydrogen (secondary N) is 2. The molecule has 0 aliphatic carbocycles. The highest BCUT2D eigenvalue weighted by molar-refractivity contribution is 7.07. The number of hydrogen-bond acceptors (Lipinski definition) is 5. The molecule has 1 fully saturated rings. The third kappa shape index (κ3) is 3.55. The molecule has 1 aliphatic rings. The smallest absolute Gasteiger partial charge is 0.271 e. The van der Waals surface area contributed by atoms with E-state index in [4.69, 9.17) is 0 Å². The third-order valence-electron chi connectivity index (χ3n) is 3.87. The lowest BCUT2D eigenvalue weighted by Gasteiger charge is -2.22. The molecule has 22 heavy (non-hydrogen) atoms. The Bertz CT molecular complexity index is 605. The maximum Gasteiger partial charge on any atom is 0.271 e. The minimum Gasteiger partial charge on any atom is -0.387 e. The van der Waals surface area contributed by atoms with Crippen molar-refractivity contribution in [1.29, 1.82) is 0 Å². The molecular weight excluding hydrogens is 300 g/mol. The Kier molecular flexibility index (Phi) is 4.87. The summed E-state index contributed by atoms with van der Waals surface area (Å²) in [6.07, 6.45) is 3.37. The molecule has 0 radical (unpaired) electrons. The van der Waals surface area contributed by atoms with Crippen molar-refractivity contribution in [2.24, 2.45) is 0 Å². The van der Waals surface area contributed by atoms with E-state index in [0.29, 0.717) is 11.7 Å². The summed E-state index contributed by atoms with van der Waals surface area (Å²) in [6.45, 7) is 2.12. The van der Waals surface area contributed by atoms with Gasteiger partial charge in [0.05, 0.1) is 12.1 Å². The van der Waals surface area contributed by atoms with Crippen LogP contribution in [0.5, 0.6) is 0 Å². The van der Waals surface area contributed by atoms with E-state index >= 15 is 0 Å². The van der Waals surface area contributed by atoms with Crippen LogP contribution in [0.1, 0.15) is 41.0 Å². The molecule has 0 aromatic carbocycles. The highest BCUT2D eigenvalue weighted by Crippen LogP contribution is 2.17. The maximum atomic E-state index is 12.1. The van der Waals surface area contributed by atoms with E-state index in [0.717, 1.165) is 31.5 Å². The van der Waals surface area contributed by atoms with Crippen LogP contribution >= 0.6 is 11.3 Å². The zero-order valence-electron chi connectivity index (χ0n) is 12.2. The van der Waals surface area contributed by atoms with Crippen LogP contribution in [-0.2, 0) is 0 Å². The molecule has 0 saturated carbocycles. The first-order chi connectivity index (χ1) is 10.7. The molecule has 1 amide bonds. The monoisotopic (exact) mass is 320 g/mol. The summed E-state index contributed by atoms with van der Waals surface area (Å²) >= 11 is 1.52. The first-order valence-corrected chi connectivity index (χ1v) is 8.42. The van der Waals surface area contributed by atoms with Crippen LogP contribution in [0.4, 0.5) is 0 Å². The molecule has 3 rings (SSSR count). The molecule has 2 atom stereocenters. The SMILES string of the molecule is O=C(NCC(O)c1ccsc1)c1ccn(C2CCCNC2)n1. The zero-order valence-corrected chi connectivity index (χ0v) is 13.1. The van der Waals surface area contributed by atoms with Crippen LogP contribution in [0.15, 0.2) is 29.1 Å². The number of thiophene rings is 1. The summed E-state index contributed by atoms with van der Waals surface area (Å²) in [4.78, 5) is 12.1. The van der Waals surface area contributed by atoms with Gasteiger partial charge < -0.3 is 15.7 Å². The van der Waals surface area contributed by atoms with Gasteiger partial charge in [0.15, 0.2) is 0 Å².